The number of aromatic amines is 1. The molecule has 1 aromatic rings. The predicted octanol–water partition coefficient (Wildman–Crippen LogP) is -0.752. The molecule has 31 heavy (non-hydrogen) atoms. The summed E-state index contributed by atoms with van der Waals surface area (Å²) in [6.07, 6.45) is 5.49. The summed E-state index contributed by atoms with van der Waals surface area (Å²) >= 11 is 1.51. The van der Waals surface area contributed by atoms with E-state index in [1.165, 1.54) is 25.0 Å². The first-order valence-electron chi connectivity index (χ1n) is 9.92. The van der Waals surface area contributed by atoms with Crippen LogP contribution in [-0.4, -0.2) is 74.9 Å². The Morgan fingerprint density at radius 2 is 1.81 bits per heavy atom. The number of aromatic nitrogens is 2. The minimum Gasteiger partial charge on any atom is -0.480 e. The molecule has 7 N–H and O–H groups in total. The van der Waals surface area contributed by atoms with Crippen LogP contribution in [0.2, 0.25) is 0 Å². The number of carbonyl (C=O) groups excluding carboxylic acids is 3. The molecule has 0 saturated carbocycles. The highest BCUT2D eigenvalue weighted by Gasteiger charge is 2.30. The van der Waals surface area contributed by atoms with Gasteiger partial charge in [-0.25, -0.2) is 4.98 Å². The third-order valence-corrected chi connectivity index (χ3v) is 5.20. The number of carboxylic acids is 1. The quantitative estimate of drug-likeness (QED) is 0.224. The number of nitrogens with two attached hydrogens (primary N) is 1. The van der Waals surface area contributed by atoms with Crippen molar-refractivity contribution in [3.63, 3.8) is 0 Å². The zero-order valence-electron chi connectivity index (χ0n) is 18.2. The number of rotatable bonds is 13. The number of carboxylic acid groups (broad SMARTS) is 1. The van der Waals surface area contributed by atoms with E-state index >= 15 is 0 Å². The number of aliphatic carboxylic acids is 1. The number of nitrogens with zero attached hydrogens (tertiary/aromatic N) is 1. The second-order valence-corrected chi connectivity index (χ2v) is 8.51. The third kappa shape index (κ3) is 8.97. The van der Waals surface area contributed by atoms with Gasteiger partial charge >= 0.3 is 5.97 Å². The second-order valence-electron chi connectivity index (χ2n) is 7.53. The molecule has 12 heteroatoms. The third-order valence-electron chi connectivity index (χ3n) is 4.55. The molecule has 1 heterocycles. The first-order chi connectivity index (χ1) is 14.6. The van der Waals surface area contributed by atoms with Gasteiger partial charge in [-0.2, -0.15) is 11.8 Å². The van der Waals surface area contributed by atoms with Gasteiger partial charge in [0.05, 0.1) is 12.4 Å². The molecule has 0 aliphatic heterocycles. The van der Waals surface area contributed by atoms with Crippen molar-refractivity contribution in [3.05, 3.63) is 18.2 Å². The fourth-order valence-electron chi connectivity index (χ4n) is 2.66. The van der Waals surface area contributed by atoms with E-state index in [0.29, 0.717) is 17.9 Å². The number of amides is 3. The van der Waals surface area contributed by atoms with Crippen molar-refractivity contribution in [1.29, 1.82) is 0 Å². The Bertz CT molecular complexity index is 742. The fourth-order valence-corrected chi connectivity index (χ4v) is 3.13. The van der Waals surface area contributed by atoms with Gasteiger partial charge in [-0.1, -0.05) is 13.8 Å². The van der Waals surface area contributed by atoms with Gasteiger partial charge in [0.15, 0.2) is 0 Å². The monoisotopic (exact) mass is 456 g/mol. The Hall–Kier alpha value is -2.60. The van der Waals surface area contributed by atoms with E-state index in [1.54, 1.807) is 20.0 Å². The summed E-state index contributed by atoms with van der Waals surface area (Å²) in [5, 5.41) is 16.6. The number of hydrogen-bond acceptors (Lipinski definition) is 7. The summed E-state index contributed by atoms with van der Waals surface area (Å²) in [6.45, 7) is 4.79. The standard InChI is InChI=1S/C19H32N6O5S/c1-10(2)15(18(28)23-11(3)19(29)30)25-17(27)14(5-6-31-4)24-16(26)13(20)7-12-8-21-9-22-12/h8-11,13-15H,5-7,20H2,1-4H3,(H,21,22)(H,23,28)(H,24,26)(H,25,27)(H,29,30). The van der Waals surface area contributed by atoms with Gasteiger partial charge in [0.25, 0.3) is 0 Å². The molecule has 4 atom stereocenters. The Morgan fingerprint density at radius 3 is 2.32 bits per heavy atom. The molecule has 1 aromatic heterocycles. The Kier molecular flexibility index (Phi) is 11.0. The lowest BCUT2D eigenvalue weighted by Crippen LogP contribution is -2.58. The van der Waals surface area contributed by atoms with Crippen LogP contribution in [-0.2, 0) is 25.6 Å². The first-order valence-corrected chi connectivity index (χ1v) is 11.3. The lowest BCUT2D eigenvalue weighted by Gasteiger charge is -2.26. The zero-order valence-corrected chi connectivity index (χ0v) is 19.0. The van der Waals surface area contributed by atoms with Crippen molar-refractivity contribution in [3.8, 4) is 0 Å². The van der Waals surface area contributed by atoms with Gasteiger partial charge in [-0.3, -0.25) is 19.2 Å². The number of carbonyl (C=O) groups is 4. The summed E-state index contributed by atoms with van der Waals surface area (Å²) < 4.78 is 0. The number of H-pyrrole nitrogens is 1. The number of imidazole rings is 1. The van der Waals surface area contributed by atoms with Crippen LogP contribution in [0.1, 0.15) is 32.9 Å². The molecule has 0 bridgehead atoms. The Labute approximate surface area is 185 Å². The van der Waals surface area contributed by atoms with Crippen molar-refractivity contribution in [2.75, 3.05) is 12.0 Å². The summed E-state index contributed by atoms with van der Waals surface area (Å²) in [4.78, 5) is 55.6. The van der Waals surface area contributed by atoms with E-state index in [0.717, 1.165) is 0 Å². The molecular formula is C19H32N6O5S. The maximum absolute atomic E-state index is 12.9. The van der Waals surface area contributed by atoms with Crippen molar-refractivity contribution < 1.29 is 24.3 Å². The summed E-state index contributed by atoms with van der Waals surface area (Å²) in [6, 6.07) is -3.83. The maximum Gasteiger partial charge on any atom is 0.325 e. The van der Waals surface area contributed by atoms with Gasteiger partial charge in [-0.05, 0) is 31.3 Å². The van der Waals surface area contributed by atoms with Crippen molar-refractivity contribution >= 4 is 35.5 Å². The predicted molar refractivity (Wildman–Crippen MR) is 117 cm³/mol. The second kappa shape index (κ2) is 13.0. The van der Waals surface area contributed by atoms with Crippen LogP contribution in [0.5, 0.6) is 0 Å². The van der Waals surface area contributed by atoms with E-state index in [2.05, 4.69) is 25.9 Å². The van der Waals surface area contributed by atoms with Gasteiger partial charge in [0.2, 0.25) is 17.7 Å². The molecule has 0 saturated heterocycles. The van der Waals surface area contributed by atoms with Gasteiger partial charge in [-0.15, -0.1) is 0 Å². The molecule has 1 rings (SSSR count). The average molecular weight is 457 g/mol. The summed E-state index contributed by atoms with van der Waals surface area (Å²) in [7, 11) is 0. The zero-order chi connectivity index (χ0) is 23.6. The van der Waals surface area contributed by atoms with Crippen molar-refractivity contribution in [1.82, 2.24) is 25.9 Å². The summed E-state index contributed by atoms with van der Waals surface area (Å²) in [5.74, 6) is -2.52. The Morgan fingerprint density at radius 1 is 1.13 bits per heavy atom. The SMILES string of the molecule is CSCCC(NC(=O)C(N)Cc1cnc[nH]1)C(=O)NC(C(=O)NC(C)C(=O)O)C(C)C. The van der Waals surface area contributed by atoms with Crippen LogP contribution in [0.15, 0.2) is 12.5 Å². The van der Waals surface area contributed by atoms with Gasteiger partial charge in [0, 0.05) is 18.3 Å². The minimum absolute atomic E-state index is 0.229. The molecule has 0 spiro atoms. The molecule has 11 nitrogen and oxygen atoms in total. The average Bonchev–Trinajstić information content (AvgIpc) is 3.21. The highest BCUT2D eigenvalue weighted by Crippen LogP contribution is 2.07. The van der Waals surface area contributed by atoms with Crippen LogP contribution < -0.4 is 21.7 Å². The molecule has 0 aromatic carbocycles. The molecule has 0 aliphatic carbocycles. The van der Waals surface area contributed by atoms with Crippen LogP contribution in [0.4, 0.5) is 0 Å². The molecular weight excluding hydrogens is 424 g/mol. The maximum atomic E-state index is 12.9. The molecule has 0 radical (unpaired) electrons. The molecule has 3 amide bonds. The highest BCUT2D eigenvalue weighted by atomic mass is 32.2. The molecule has 0 fully saturated rings. The van der Waals surface area contributed by atoms with Crippen molar-refractivity contribution in [2.24, 2.45) is 11.7 Å². The van der Waals surface area contributed by atoms with Crippen molar-refractivity contribution in [2.45, 2.75) is 57.8 Å². The number of hydrogen-bond donors (Lipinski definition) is 6. The fraction of sp³-hybridized carbons (Fsp3) is 0.632. The van der Waals surface area contributed by atoms with E-state index in [4.69, 9.17) is 10.8 Å². The van der Waals surface area contributed by atoms with Crippen LogP contribution in [0.3, 0.4) is 0 Å². The van der Waals surface area contributed by atoms with Gasteiger partial charge < -0.3 is 31.8 Å². The van der Waals surface area contributed by atoms with E-state index < -0.39 is 47.9 Å². The number of nitrogens with one attached hydrogen (secondary N) is 4. The summed E-state index contributed by atoms with van der Waals surface area (Å²) in [5.41, 5.74) is 6.64. The molecule has 4 unspecified atom stereocenters. The van der Waals surface area contributed by atoms with Crippen LogP contribution >= 0.6 is 11.8 Å². The van der Waals surface area contributed by atoms with E-state index in [1.807, 2.05) is 6.26 Å². The topological polar surface area (TPSA) is 179 Å². The van der Waals surface area contributed by atoms with E-state index in [9.17, 15) is 19.2 Å². The first kappa shape index (κ1) is 26.4. The minimum atomic E-state index is -1.18. The normalized spacial score (nSPS) is 14.9. The largest absolute Gasteiger partial charge is 0.480 e. The van der Waals surface area contributed by atoms with Gasteiger partial charge in [0.1, 0.15) is 18.1 Å². The highest BCUT2D eigenvalue weighted by molar-refractivity contribution is 7.98. The van der Waals surface area contributed by atoms with Crippen LogP contribution in [0.25, 0.3) is 0 Å². The molecule has 0 aliphatic rings. The lowest BCUT2D eigenvalue weighted by molar-refractivity contribution is -0.142. The van der Waals surface area contributed by atoms with Crippen LogP contribution in [0, 0.1) is 5.92 Å². The Balaban J connectivity index is 2.82. The lowest BCUT2D eigenvalue weighted by atomic mass is 10.0. The number of thioether (sulfide) groups is 1. The van der Waals surface area contributed by atoms with E-state index in [-0.39, 0.29) is 12.3 Å². The molecule has 174 valence electrons. The smallest absolute Gasteiger partial charge is 0.325 e.